The minimum atomic E-state index is -2.24. The summed E-state index contributed by atoms with van der Waals surface area (Å²) in [5.41, 5.74) is 4.45. The smallest absolute Gasteiger partial charge is 0.249 e. The van der Waals surface area contributed by atoms with Gasteiger partial charge in [0.2, 0.25) is 5.91 Å². The topological polar surface area (TPSA) is 140 Å². The summed E-state index contributed by atoms with van der Waals surface area (Å²) < 4.78 is 26.7. The Morgan fingerprint density at radius 3 is 2.51 bits per heavy atom. The summed E-state index contributed by atoms with van der Waals surface area (Å²) in [6.07, 6.45) is 4.74. The van der Waals surface area contributed by atoms with Gasteiger partial charge in [-0.1, -0.05) is 42.6 Å². The Kier molecular flexibility index (Phi) is 13.3. The Labute approximate surface area is 325 Å². The largest absolute Gasteiger partial charge is 0.497 e. The molecule has 0 bridgehead atoms. The van der Waals surface area contributed by atoms with Crippen molar-refractivity contribution in [3.63, 3.8) is 0 Å². The molecule has 3 N–H and O–H groups in total. The number of unbranched alkanes of at least 4 members (excludes halogenated alkanes) is 1. The van der Waals surface area contributed by atoms with Gasteiger partial charge in [0, 0.05) is 56.7 Å². The van der Waals surface area contributed by atoms with Gasteiger partial charge in [-0.2, -0.15) is 0 Å². The van der Waals surface area contributed by atoms with E-state index >= 15 is 0 Å². The van der Waals surface area contributed by atoms with Gasteiger partial charge in [-0.15, -0.1) is 5.10 Å². The number of aliphatic hydroxyl groups is 2. The van der Waals surface area contributed by atoms with Crippen LogP contribution in [0.15, 0.2) is 66.9 Å². The van der Waals surface area contributed by atoms with Gasteiger partial charge in [0.25, 0.3) is 0 Å². The lowest BCUT2D eigenvalue weighted by Gasteiger charge is -2.46. The van der Waals surface area contributed by atoms with Crippen molar-refractivity contribution in [2.24, 2.45) is 5.92 Å². The molecule has 0 radical (unpaired) electrons. The molecule has 12 nitrogen and oxygen atoms in total. The Morgan fingerprint density at radius 2 is 1.80 bits per heavy atom. The molecule has 0 saturated carbocycles. The lowest BCUT2D eigenvalue weighted by molar-refractivity contribution is -0.120. The van der Waals surface area contributed by atoms with E-state index in [1.54, 1.807) is 14.2 Å². The summed E-state index contributed by atoms with van der Waals surface area (Å²) in [5, 5.41) is 32.1. The number of rotatable bonds is 18. The third-order valence-corrected chi connectivity index (χ3v) is 15.7. The number of hydrogen-bond acceptors (Lipinski definition) is 10. The molecule has 0 fully saturated rings. The summed E-state index contributed by atoms with van der Waals surface area (Å²) in [5.74, 6) is 2.30. The van der Waals surface area contributed by atoms with Crippen molar-refractivity contribution < 1.29 is 34.0 Å². The van der Waals surface area contributed by atoms with E-state index < -0.39 is 14.1 Å². The van der Waals surface area contributed by atoms with Crippen molar-refractivity contribution >= 4 is 30.5 Å². The highest BCUT2D eigenvalue weighted by Crippen LogP contribution is 2.49. The van der Waals surface area contributed by atoms with Gasteiger partial charge >= 0.3 is 0 Å². The maximum absolute atomic E-state index is 14.3. The zero-order valence-electron chi connectivity index (χ0n) is 33.0. The quantitative estimate of drug-likeness (QED) is 0.0899. The van der Waals surface area contributed by atoms with E-state index in [-0.39, 0.29) is 42.8 Å². The average Bonchev–Trinajstić information content (AvgIpc) is 3.64. The van der Waals surface area contributed by atoms with Crippen molar-refractivity contribution in [1.29, 1.82) is 0 Å². The number of aromatic nitrogens is 3. The molecule has 1 aromatic heterocycles. The first kappa shape index (κ1) is 40.4. The molecule has 2 aliphatic heterocycles. The lowest BCUT2D eigenvalue weighted by Crippen LogP contribution is -2.54. The van der Waals surface area contributed by atoms with Crippen LogP contribution in [0.3, 0.4) is 0 Å². The van der Waals surface area contributed by atoms with Crippen molar-refractivity contribution in [3.05, 3.63) is 83.7 Å². The van der Waals surface area contributed by atoms with Crippen LogP contribution in [0.4, 0.5) is 11.4 Å². The first-order valence-electron chi connectivity index (χ1n) is 19.5. The van der Waals surface area contributed by atoms with Crippen LogP contribution in [0.25, 0.3) is 0 Å². The van der Waals surface area contributed by atoms with Crippen molar-refractivity contribution in [2.45, 2.75) is 89.4 Å². The molecule has 2 aliphatic rings. The highest BCUT2D eigenvalue weighted by molar-refractivity contribution is 6.91. The lowest BCUT2D eigenvalue weighted by atomic mass is 9.86. The first-order chi connectivity index (χ1) is 26.6. The monoisotopic (exact) mass is 771 g/mol. The fraction of sp³-hybridized carbons (Fsp3) is 0.500. The van der Waals surface area contributed by atoms with Gasteiger partial charge in [-0.25, -0.2) is 0 Å². The first-order valence-corrected chi connectivity index (χ1v) is 22.6. The number of aliphatic hydroxyl groups excluding tert-OH is 2. The molecule has 3 heterocycles. The van der Waals surface area contributed by atoms with Crippen LogP contribution in [0, 0.1) is 5.92 Å². The van der Waals surface area contributed by atoms with Crippen LogP contribution >= 0.6 is 0 Å². The number of hydrogen-bond donors (Lipinski definition) is 3. The van der Waals surface area contributed by atoms with Gasteiger partial charge in [0.15, 0.2) is 0 Å². The number of fused-ring (bicyclic) bond motifs is 2. The van der Waals surface area contributed by atoms with Crippen molar-refractivity contribution in [1.82, 2.24) is 20.3 Å². The molecule has 5 atom stereocenters. The summed E-state index contributed by atoms with van der Waals surface area (Å²) in [4.78, 5) is 16.1. The number of benzene rings is 3. The van der Waals surface area contributed by atoms with E-state index in [1.807, 2.05) is 65.2 Å². The molecular formula is C42H57N5O7Si. The minimum absolute atomic E-state index is 0.0255. The molecule has 0 aliphatic carbocycles. The zero-order valence-corrected chi connectivity index (χ0v) is 34.0. The summed E-state index contributed by atoms with van der Waals surface area (Å²) in [7, 11) is 1.19. The van der Waals surface area contributed by atoms with E-state index in [2.05, 4.69) is 53.8 Å². The van der Waals surface area contributed by atoms with Crippen LogP contribution < -0.4 is 29.6 Å². The second kappa shape index (κ2) is 18.1. The Bertz CT molecular complexity index is 1890. The molecule has 2 unspecified atom stereocenters. The van der Waals surface area contributed by atoms with Gasteiger partial charge in [-0.05, 0) is 98.8 Å². The van der Waals surface area contributed by atoms with E-state index in [0.717, 1.165) is 58.3 Å². The Hall–Kier alpha value is -4.27. The van der Waals surface area contributed by atoms with Crippen molar-refractivity contribution in [3.8, 4) is 17.2 Å². The number of carbonyl (C=O) groups is 1. The third kappa shape index (κ3) is 8.76. The third-order valence-electron chi connectivity index (χ3n) is 11.4. The molecule has 3 aromatic carbocycles. The van der Waals surface area contributed by atoms with Crippen LogP contribution in [0.1, 0.15) is 56.0 Å². The molecule has 13 heteroatoms. The van der Waals surface area contributed by atoms with Gasteiger partial charge in [-0.3, -0.25) is 14.4 Å². The Balaban J connectivity index is 1.34. The zero-order chi connectivity index (χ0) is 39.1. The normalized spacial score (nSPS) is 20.1. The van der Waals surface area contributed by atoms with Crippen LogP contribution in [-0.2, 0) is 28.9 Å². The molecule has 0 spiro atoms. The van der Waals surface area contributed by atoms with E-state index in [9.17, 15) is 15.0 Å². The molecular weight excluding hydrogens is 715 g/mol. The molecule has 1 amide bonds. The second-order valence-corrected chi connectivity index (χ2v) is 19.9. The standard InChI is InChI=1S/C42H57N5O7Si/c1-7-53-33-13-16-37-29(24-33)25-36(43-20-8-9-22-48)42(50)47(37)31-10-17-38-35(26-31)40(52-4)28(2)41(54-38)39(18-21-46-27-30(19-23-49)44-45-46)55(5,6)34-14-11-32(51-3)12-15-34/h10-17,24,26-28,36,39-41,43,48-49H,7-9,18-23,25H2,1-6H3/t28-,36?,39?,40-,41-/m0/s1. The number of nitrogens with one attached hydrogen (secondary N) is 1. The van der Waals surface area contributed by atoms with E-state index in [4.69, 9.17) is 18.9 Å². The van der Waals surface area contributed by atoms with Gasteiger partial charge in [0.05, 0.1) is 45.3 Å². The predicted molar refractivity (Wildman–Crippen MR) is 216 cm³/mol. The molecule has 0 saturated heterocycles. The summed E-state index contributed by atoms with van der Waals surface area (Å²) in [6, 6.07) is 20.0. The molecule has 296 valence electrons. The van der Waals surface area contributed by atoms with E-state index in [1.165, 1.54) is 5.19 Å². The van der Waals surface area contributed by atoms with Crippen LogP contribution in [0.5, 0.6) is 17.2 Å². The average molecular weight is 772 g/mol. The highest BCUT2D eigenvalue weighted by atomic mass is 28.3. The Morgan fingerprint density at radius 1 is 1.02 bits per heavy atom. The molecule has 55 heavy (non-hydrogen) atoms. The number of amides is 1. The van der Waals surface area contributed by atoms with E-state index in [0.29, 0.717) is 39.0 Å². The number of methoxy groups -OCH3 is 2. The fourth-order valence-electron chi connectivity index (χ4n) is 8.34. The number of nitrogens with zero attached hydrogens (tertiary/aromatic N) is 4. The minimum Gasteiger partial charge on any atom is -0.497 e. The van der Waals surface area contributed by atoms with Crippen LogP contribution in [-0.4, -0.2) is 91.9 Å². The SMILES string of the molecule is CCOc1ccc2c(c1)CC(NCCCCO)C(=O)N2c1ccc2c(c1)[C@@H](OC)[C@H](C)[C@@H](C(CCn1cc(CCO)nn1)[Si](C)(C)c1ccc(OC)cc1)O2. The van der Waals surface area contributed by atoms with Crippen LogP contribution in [0.2, 0.25) is 18.6 Å². The fourth-order valence-corrected chi connectivity index (χ4v) is 11.8. The maximum atomic E-state index is 14.3. The van der Waals surface area contributed by atoms with Gasteiger partial charge < -0.3 is 34.5 Å². The number of carbonyl (C=O) groups excluding carboxylic acids is 1. The van der Waals surface area contributed by atoms with Crippen molar-refractivity contribution in [2.75, 3.05) is 45.5 Å². The summed E-state index contributed by atoms with van der Waals surface area (Å²) >= 11 is 0. The predicted octanol–water partition coefficient (Wildman–Crippen LogP) is 5.33. The molecule has 6 rings (SSSR count). The highest BCUT2D eigenvalue weighted by Gasteiger charge is 2.47. The second-order valence-electron chi connectivity index (χ2n) is 15.2. The molecule has 4 aromatic rings. The maximum Gasteiger partial charge on any atom is 0.249 e. The number of ether oxygens (including phenoxy) is 4. The number of aryl methyl sites for hydroxylation is 1. The number of anilines is 2. The summed E-state index contributed by atoms with van der Waals surface area (Å²) in [6.45, 7) is 11.0. The van der Waals surface area contributed by atoms with Gasteiger partial charge in [0.1, 0.15) is 23.4 Å².